The molecule has 1 heterocycles. The van der Waals surface area contributed by atoms with Crippen molar-refractivity contribution >= 4 is 0 Å². The van der Waals surface area contributed by atoms with E-state index in [4.69, 9.17) is 4.74 Å². The third kappa shape index (κ3) is 4.48. The van der Waals surface area contributed by atoms with Gasteiger partial charge < -0.3 is 9.72 Å². The quantitative estimate of drug-likeness (QED) is 0.841. The number of H-pyrrole nitrogens is 1. The Labute approximate surface area is 83.1 Å². The molecular weight excluding hydrogens is 213 g/mol. The van der Waals surface area contributed by atoms with E-state index in [0.29, 0.717) is 5.82 Å². The van der Waals surface area contributed by atoms with E-state index < -0.39 is 24.8 Å². The number of nitrogens with one attached hydrogen (secondary N) is 1. The van der Waals surface area contributed by atoms with Crippen LogP contribution in [-0.4, -0.2) is 22.8 Å². The highest BCUT2D eigenvalue weighted by Gasteiger charge is 2.26. The Balaban J connectivity index is 2.55. The fraction of sp³-hybridized carbons (Fsp3) is 0.500. The van der Waals surface area contributed by atoms with Gasteiger partial charge >= 0.3 is 6.18 Å². The third-order valence-corrected chi connectivity index (χ3v) is 1.47. The van der Waals surface area contributed by atoms with Crippen molar-refractivity contribution in [3.8, 4) is 5.88 Å². The molecule has 0 spiro atoms. The number of aromatic amines is 1. The summed E-state index contributed by atoms with van der Waals surface area (Å²) in [7, 11) is 0. The first-order valence-electron chi connectivity index (χ1n) is 4.14. The minimum atomic E-state index is -4.27. The summed E-state index contributed by atoms with van der Waals surface area (Å²) >= 11 is 0. The summed E-state index contributed by atoms with van der Waals surface area (Å²) in [5, 5.41) is 0. The number of hydrogen-bond acceptors (Lipinski definition) is 3. The van der Waals surface area contributed by atoms with E-state index in [1.165, 1.54) is 6.92 Å². The molecule has 0 aromatic carbocycles. The fourth-order valence-electron chi connectivity index (χ4n) is 0.897. The molecule has 1 N–H and O–H groups in total. The molecular formula is C8H9F3N2O2. The molecule has 0 aliphatic heterocycles. The lowest BCUT2D eigenvalue weighted by Crippen LogP contribution is -2.15. The number of halogens is 3. The molecule has 0 aliphatic carbocycles. The molecule has 15 heavy (non-hydrogen) atoms. The van der Waals surface area contributed by atoms with Crippen LogP contribution in [0.5, 0.6) is 5.88 Å². The first-order chi connectivity index (χ1) is 6.87. The summed E-state index contributed by atoms with van der Waals surface area (Å²) in [6.45, 7) is 0.970. The predicted octanol–water partition coefficient (Wildman–Crippen LogP) is 1.41. The second-order valence-corrected chi connectivity index (χ2v) is 2.88. The van der Waals surface area contributed by atoms with Crippen LogP contribution in [0.4, 0.5) is 13.2 Å². The van der Waals surface area contributed by atoms with Gasteiger partial charge in [-0.2, -0.15) is 13.2 Å². The van der Waals surface area contributed by atoms with Gasteiger partial charge in [0.1, 0.15) is 5.82 Å². The van der Waals surface area contributed by atoms with Gasteiger partial charge in [0, 0.05) is 0 Å². The zero-order chi connectivity index (χ0) is 11.5. The molecule has 0 saturated carbocycles. The number of nitrogens with zero attached hydrogens (tertiary/aromatic N) is 1. The molecule has 4 nitrogen and oxygen atoms in total. The highest BCUT2D eigenvalue weighted by atomic mass is 19.4. The van der Waals surface area contributed by atoms with Crippen molar-refractivity contribution in [2.24, 2.45) is 0 Å². The summed E-state index contributed by atoms with van der Waals surface area (Å²) in [5.74, 6) is 0.199. The van der Waals surface area contributed by atoms with Crippen molar-refractivity contribution in [3.63, 3.8) is 0 Å². The van der Waals surface area contributed by atoms with Gasteiger partial charge in [-0.05, 0) is 6.92 Å². The second-order valence-electron chi connectivity index (χ2n) is 2.88. The van der Waals surface area contributed by atoms with Crippen LogP contribution in [0, 0.1) is 6.92 Å². The zero-order valence-corrected chi connectivity index (χ0v) is 7.89. The maximum Gasteiger partial charge on any atom is 0.392 e. The highest BCUT2D eigenvalue weighted by Crippen LogP contribution is 2.19. The van der Waals surface area contributed by atoms with Gasteiger partial charge in [0.2, 0.25) is 5.88 Å². The largest absolute Gasteiger partial charge is 0.477 e. The van der Waals surface area contributed by atoms with Gasteiger partial charge in [-0.1, -0.05) is 0 Å². The van der Waals surface area contributed by atoms with E-state index in [9.17, 15) is 18.0 Å². The van der Waals surface area contributed by atoms with Crippen molar-refractivity contribution < 1.29 is 17.9 Å². The number of rotatable bonds is 3. The summed E-state index contributed by atoms with van der Waals surface area (Å²) in [4.78, 5) is 16.9. The van der Waals surface area contributed by atoms with E-state index in [2.05, 4.69) is 9.97 Å². The Morgan fingerprint density at radius 1 is 1.53 bits per heavy atom. The number of ether oxygens (including phenoxy) is 1. The average molecular weight is 222 g/mol. The van der Waals surface area contributed by atoms with Crippen LogP contribution < -0.4 is 10.3 Å². The van der Waals surface area contributed by atoms with Gasteiger partial charge in [0.05, 0.1) is 19.1 Å². The molecule has 0 aliphatic rings. The average Bonchev–Trinajstić information content (AvgIpc) is 1.99. The molecule has 0 bridgehead atoms. The first-order valence-corrected chi connectivity index (χ1v) is 4.14. The van der Waals surface area contributed by atoms with Gasteiger partial charge in [0.25, 0.3) is 5.56 Å². The summed E-state index contributed by atoms with van der Waals surface area (Å²) in [6, 6.07) is 1.00. The Hall–Kier alpha value is -1.53. The van der Waals surface area contributed by atoms with E-state index in [1.54, 1.807) is 0 Å². The summed E-state index contributed by atoms with van der Waals surface area (Å²) < 4.78 is 39.9. The van der Waals surface area contributed by atoms with E-state index in [1.807, 2.05) is 0 Å². The molecule has 1 aromatic heterocycles. The standard InChI is InChI=1S/C8H9F3N2O2/c1-5-12-6(14)4-7(13-5)15-3-2-8(9,10)11/h4H,2-3H2,1H3,(H,12,13,14). The lowest BCUT2D eigenvalue weighted by atomic mass is 10.4. The number of aromatic nitrogens is 2. The van der Waals surface area contributed by atoms with Crippen LogP contribution in [0.25, 0.3) is 0 Å². The maximum absolute atomic E-state index is 11.7. The molecule has 0 atom stereocenters. The Morgan fingerprint density at radius 3 is 2.73 bits per heavy atom. The maximum atomic E-state index is 11.7. The van der Waals surface area contributed by atoms with Crippen LogP contribution >= 0.6 is 0 Å². The van der Waals surface area contributed by atoms with Crippen LogP contribution in [0.3, 0.4) is 0 Å². The Bertz CT molecular complexity index is 386. The molecule has 1 rings (SSSR count). The fourth-order valence-corrected chi connectivity index (χ4v) is 0.897. The van der Waals surface area contributed by atoms with Crippen molar-refractivity contribution in [1.29, 1.82) is 0 Å². The molecule has 7 heteroatoms. The molecule has 0 radical (unpaired) electrons. The zero-order valence-electron chi connectivity index (χ0n) is 7.89. The van der Waals surface area contributed by atoms with Crippen molar-refractivity contribution in [1.82, 2.24) is 9.97 Å². The van der Waals surface area contributed by atoms with Crippen LogP contribution in [0.1, 0.15) is 12.2 Å². The Morgan fingerprint density at radius 2 is 2.20 bits per heavy atom. The number of aryl methyl sites for hydroxylation is 1. The minimum absolute atomic E-state index is 0.0968. The smallest absolute Gasteiger partial charge is 0.392 e. The highest BCUT2D eigenvalue weighted by molar-refractivity contribution is 5.07. The molecule has 0 saturated heterocycles. The Kier molecular flexibility index (Phi) is 3.33. The van der Waals surface area contributed by atoms with Gasteiger partial charge in [-0.15, -0.1) is 0 Å². The summed E-state index contributed by atoms with van der Waals surface area (Å²) in [6.07, 6.45) is -5.34. The molecule has 0 fully saturated rings. The first kappa shape index (κ1) is 11.5. The topological polar surface area (TPSA) is 55.0 Å². The van der Waals surface area contributed by atoms with Crippen LogP contribution in [0.2, 0.25) is 0 Å². The normalized spacial score (nSPS) is 11.5. The van der Waals surface area contributed by atoms with Crippen molar-refractivity contribution in [2.75, 3.05) is 6.61 Å². The second kappa shape index (κ2) is 4.33. The molecule has 1 aromatic rings. The van der Waals surface area contributed by atoms with E-state index in [-0.39, 0.29) is 5.88 Å². The lowest BCUT2D eigenvalue weighted by Gasteiger charge is -2.07. The molecule has 0 unspecified atom stereocenters. The number of alkyl halides is 3. The summed E-state index contributed by atoms with van der Waals surface area (Å²) in [5.41, 5.74) is -0.454. The van der Waals surface area contributed by atoms with Crippen molar-refractivity contribution in [2.45, 2.75) is 19.5 Å². The lowest BCUT2D eigenvalue weighted by molar-refractivity contribution is -0.139. The van der Waals surface area contributed by atoms with Crippen LogP contribution in [-0.2, 0) is 0 Å². The molecule has 84 valence electrons. The van der Waals surface area contributed by atoms with Gasteiger partial charge in [0.15, 0.2) is 0 Å². The third-order valence-electron chi connectivity index (χ3n) is 1.47. The number of hydrogen-bond donors (Lipinski definition) is 1. The predicted molar refractivity (Wildman–Crippen MR) is 45.8 cm³/mol. The SMILES string of the molecule is Cc1nc(OCCC(F)(F)F)cc(=O)[nH]1. The minimum Gasteiger partial charge on any atom is -0.477 e. The van der Waals surface area contributed by atoms with Gasteiger partial charge in [-0.3, -0.25) is 4.79 Å². The van der Waals surface area contributed by atoms with E-state index in [0.717, 1.165) is 6.07 Å². The van der Waals surface area contributed by atoms with Crippen molar-refractivity contribution in [3.05, 3.63) is 22.2 Å². The van der Waals surface area contributed by atoms with Gasteiger partial charge in [-0.25, -0.2) is 4.98 Å². The van der Waals surface area contributed by atoms with E-state index >= 15 is 0 Å². The van der Waals surface area contributed by atoms with Crippen LogP contribution in [0.15, 0.2) is 10.9 Å². The molecule has 0 amide bonds. The monoisotopic (exact) mass is 222 g/mol.